The summed E-state index contributed by atoms with van der Waals surface area (Å²) < 4.78 is 0. The first-order valence-corrected chi connectivity index (χ1v) is 11.3. The van der Waals surface area contributed by atoms with Crippen molar-refractivity contribution in [2.45, 2.75) is 51.1 Å². The Morgan fingerprint density at radius 2 is 1.76 bits per heavy atom. The Morgan fingerprint density at radius 3 is 2.38 bits per heavy atom. The number of amides is 2. The number of hydrogen-bond donors (Lipinski definition) is 1. The number of nitrogens with zero attached hydrogens (tertiary/aromatic N) is 1. The van der Waals surface area contributed by atoms with Crippen molar-refractivity contribution in [1.82, 2.24) is 10.2 Å². The molecule has 156 valence electrons. The topological polar surface area (TPSA) is 49.4 Å². The minimum Gasteiger partial charge on any atom is -0.354 e. The molecule has 1 atom stereocenters. The van der Waals surface area contributed by atoms with Gasteiger partial charge in [0.25, 0.3) is 0 Å². The van der Waals surface area contributed by atoms with Crippen LogP contribution in [0.4, 0.5) is 0 Å². The molecule has 0 radical (unpaired) electrons. The summed E-state index contributed by atoms with van der Waals surface area (Å²) in [6.45, 7) is 6.94. The maximum atomic E-state index is 13.0. The normalized spacial score (nSPS) is 11.7. The zero-order valence-electron chi connectivity index (χ0n) is 17.3. The van der Waals surface area contributed by atoms with Gasteiger partial charge in [0, 0.05) is 23.0 Å². The molecule has 2 aromatic rings. The molecule has 0 aliphatic rings. The van der Waals surface area contributed by atoms with E-state index in [1.54, 1.807) is 11.8 Å². The molecule has 6 heteroatoms. The first kappa shape index (κ1) is 23.3. The van der Waals surface area contributed by atoms with Crippen molar-refractivity contribution in [2.75, 3.05) is 12.3 Å². The van der Waals surface area contributed by atoms with Crippen molar-refractivity contribution in [2.24, 2.45) is 0 Å². The van der Waals surface area contributed by atoms with Gasteiger partial charge in [0.2, 0.25) is 11.8 Å². The van der Waals surface area contributed by atoms with Gasteiger partial charge in [0.05, 0.1) is 5.75 Å². The first-order chi connectivity index (χ1) is 13.9. The zero-order valence-corrected chi connectivity index (χ0v) is 18.9. The lowest BCUT2D eigenvalue weighted by Gasteiger charge is -2.29. The number of nitrogens with one attached hydrogen (secondary N) is 1. The molecule has 4 nitrogen and oxygen atoms in total. The largest absolute Gasteiger partial charge is 0.354 e. The number of hydrogen-bond acceptors (Lipinski definition) is 3. The summed E-state index contributed by atoms with van der Waals surface area (Å²) in [7, 11) is 0. The number of halogens is 1. The van der Waals surface area contributed by atoms with Gasteiger partial charge in [0.15, 0.2) is 0 Å². The molecular formula is C23H29ClN2O2S. The van der Waals surface area contributed by atoms with Crippen molar-refractivity contribution < 1.29 is 9.59 Å². The van der Waals surface area contributed by atoms with Gasteiger partial charge in [0.1, 0.15) is 6.04 Å². The van der Waals surface area contributed by atoms with Gasteiger partial charge in [-0.15, -0.1) is 11.8 Å². The molecule has 0 heterocycles. The third kappa shape index (κ3) is 7.75. The van der Waals surface area contributed by atoms with Gasteiger partial charge in [-0.2, -0.15) is 0 Å². The van der Waals surface area contributed by atoms with Crippen LogP contribution in [0, 0.1) is 6.92 Å². The lowest BCUT2D eigenvalue weighted by atomic mass is 10.1. The minimum atomic E-state index is -0.536. The van der Waals surface area contributed by atoms with Crippen molar-refractivity contribution >= 4 is 35.2 Å². The average molecular weight is 433 g/mol. The van der Waals surface area contributed by atoms with E-state index in [1.165, 1.54) is 11.8 Å². The Bertz CT molecular complexity index is 794. The lowest BCUT2D eigenvalue weighted by molar-refractivity contribution is -0.138. The van der Waals surface area contributed by atoms with Crippen LogP contribution in [0.15, 0.2) is 53.4 Å². The van der Waals surface area contributed by atoms with Gasteiger partial charge in [-0.05, 0) is 50.1 Å². The second-order valence-corrected chi connectivity index (χ2v) is 8.56. The molecule has 0 aliphatic carbocycles. The van der Waals surface area contributed by atoms with Gasteiger partial charge in [-0.3, -0.25) is 9.59 Å². The van der Waals surface area contributed by atoms with Crippen LogP contribution in [-0.2, 0) is 16.1 Å². The van der Waals surface area contributed by atoms with E-state index in [4.69, 9.17) is 11.6 Å². The van der Waals surface area contributed by atoms with Crippen LogP contribution in [0.3, 0.4) is 0 Å². The number of thioether (sulfide) groups is 1. The van der Waals surface area contributed by atoms with Gasteiger partial charge in [-0.1, -0.05) is 54.8 Å². The monoisotopic (exact) mass is 432 g/mol. The van der Waals surface area contributed by atoms with E-state index in [0.29, 0.717) is 18.1 Å². The van der Waals surface area contributed by atoms with E-state index >= 15 is 0 Å². The Kier molecular flexibility index (Phi) is 9.55. The molecule has 0 saturated heterocycles. The predicted molar refractivity (Wildman–Crippen MR) is 121 cm³/mol. The van der Waals surface area contributed by atoms with Crippen molar-refractivity contribution in [3.05, 3.63) is 64.7 Å². The summed E-state index contributed by atoms with van der Waals surface area (Å²) in [5, 5.41) is 3.61. The van der Waals surface area contributed by atoms with Crippen molar-refractivity contribution in [3.8, 4) is 0 Å². The fourth-order valence-corrected chi connectivity index (χ4v) is 3.68. The van der Waals surface area contributed by atoms with Crippen LogP contribution in [0.1, 0.15) is 37.8 Å². The summed E-state index contributed by atoms with van der Waals surface area (Å²) in [5.74, 6) is 0.0825. The highest BCUT2D eigenvalue weighted by molar-refractivity contribution is 8.00. The summed E-state index contributed by atoms with van der Waals surface area (Å²) in [6, 6.07) is 14.9. The number of unbranched alkanes of at least 4 members (excludes halogenated alkanes) is 1. The van der Waals surface area contributed by atoms with Crippen LogP contribution in [0.5, 0.6) is 0 Å². The number of benzene rings is 2. The van der Waals surface area contributed by atoms with Crippen LogP contribution >= 0.6 is 23.4 Å². The lowest BCUT2D eigenvalue weighted by Crippen LogP contribution is -2.48. The number of carbonyl (C=O) groups is 2. The predicted octanol–water partition coefficient (Wildman–Crippen LogP) is 5.07. The molecule has 0 unspecified atom stereocenters. The highest BCUT2D eigenvalue weighted by Crippen LogP contribution is 2.22. The van der Waals surface area contributed by atoms with Crippen LogP contribution in [-0.4, -0.2) is 35.1 Å². The van der Waals surface area contributed by atoms with E-state index in [9.17, 15) is 9.59 Å². The molecule has 0 aromatic heterocycles. The summed E-state index contributed by atoms with van der Waals surface area (Å²) in [4.78, 5) is 28.3. The van der Waals surface area contributed by atoms with Crippen LogP contribution < -0.4 is 5.32 Å². The molecule has 2 rings (SSSR count). The maximum Gasteiger partial charge on any atom is 0.242 e. The Balaban J connectivity index is 2.08. The second kappa shape index (κ2) is 11.9. The Morgan fingerprint density at radius 1 is 1.10 bits per heavy atom. The van der Waals surface area contributed by atoms with Crippen molar-refractivity contribution in [1.29, 1.82) is 0 Å². The van der Waals surface area contributed by atoms with Crippen LogP contribution in [0.2, 0.25) is 5.02 Å². The molecule has 2 amide bonds. The first-order valence-electron chi connectivity index (χ1n) is 9.91. The zero-order chi connectivity index (χ0) is 21.2. The minimum absolute atomic E-state index is 0.0660. The number of aryl methyl sites for hydroxylation is 1. The van der Waals surface area contributed by atoms with Gasteiger partial charge in [-0.25, -0.2) is 0 Å². The molecule has 1 N–H and O–H groups in total. The standard InChI is InChI=1S/C23H29ClN2O2S/c1-4-5-14-25-23(28)18(3)26(15-19-8-6-17(2)7-9-19)22(27)16-29-21-12-10-20(24)11-13-21/h6-13,18H,4-5,14-16H2,1-3H3,(H,25,28)/t18-/m1/s1. The third-order valence-corrected chi connectivity index (χ3v) is 5.90. The van der Waals surface area contributed by atoms with E-state index in [0.717, 1.165) is 28.9 Å². The molecule has 29 heavy (non-hydrogen) atoms. The molecular weight excluding hydrogens is 404 g/mol. The van der Waals surface area contributed by atoms with Gasteiger partial charge >= 0.3 is 0 Å². The smallest absolute Gasteiger partial charge is 0.242 e. The van der Waals surface area contributed by atoms with E-state index < -0.39 is 6.04 Å². The molecule has 0 spiro atoms. The quantitative estimate of drug-likeness (QED) is 0.421. The third-order valence-electron chi connectivity index (χ3n) is 4.65. The fourth-order valence-electron chi connectivity index (χ4n) is 2.77. The Hall–Kier alpha value is -1.98. The van der Waals surface area contributed by atoms with E-state index in [1.807, 2.05) is 55.5 Å². The van der Waals surface area contributed by atoms with Crippen LogP contribution in [0.25, 0.3) is 0 Å². The summed E-state index contributed by atoms with van der Waals surface area (Å²) in [6.07, 6.45) is 1.94. The molecule has 2 aromatic carbocycles. The number of rotatable bonds is 10. The summed E-state index contributed by atoms with van der Waals surface area (Å²) in [5.41, 5.74) is 2.17. The SMILES string of the molecule is CCCCNC(=O)[C@@H](C)N(Cc1ccc(C)cc1)C(=O)CSc1ccc(Cl)cc1. The van der Waals surface area contributed by atoms with Crippen molar-refractivity contribution in [3.63, 3.8) is 0 Å². The fraction of sp³-hybridized carbons (Fsp3) is 0.391. The number of carbonyl (C=O) groups excluding carboxylic acids is 2. The average Bonchev–Trinajstić information content (AvgIpc) is 2.72. The maximum absolute atomic E-state index is 13.0. The summed E-state index contributed by atoms with van der Waals surface area (Å²) >= 11 is 7.37. The van der Waals surface area contributed by atoms with E-state index in [-0.39, 0.29) is 17.6 Å². The van der Waals surface area contributed by atoms with E-state index in [2.05, 4.69) is 12.2 Å². The highest BCUT2D eigenvalue weighted by Gasteiger charge is 2.25. The second-order valence-electron chi connectivity index (χ2n) is 7.07. The molecule has 0 aliphatic heterocycles. The molecule has 0 saturated carbocycles. The molecule has 0 fully saturated rings. The molecule has 0 bridgehead atoms. The Labute approximate surface area is 183 Å². The van der Waals surface area contributed by atoms with Gasteiger partial charge < -0.3 is 10.2 Å². The highest BCUT2D eigenvalue weighted by atomic mass is 35.5.